The topological polar surface area (TPSA) is 70.0 Å². The Morgan fingerprint density at radius 3 is 1.85 bits per heavy atom. The molecule has 0 saturated carbocycles. The van der Waals surface area contributed by atoms with Crippen molar-refractivity contribution < 1.29 is 29.5 Å². The Hall–Kier alpha value is -5.04. The molecule has 7 nitrogen and oxygen atoms in total. The number of hydrogen-bond acceptors (Lipinski definition) is 6. The SMILES string of the molecule is Cc1ccccc1N(C)[CH-]Nc1[c-]c(N2[CH-]N(C)c3ccccc32)cc(-c2c(C(C)C)cc(C(C)C)cc2C(C)C)c1.O=S1(=O)c2ccccc2[N-]c2ccccc21.[Pt+4]. The molecule has 0 saturated heterocycles. The molecule has 9 heteroatoms. The third-order valence-electron chi connectivity index (χ3n) is 10.8. The predicted octanol–water partition coefficient (Wildman–Crippen LogP) is 13.4. The molecule has 0 spiro atoms. The molecule has 0 aromatic heterocycles. The van der Waals surface area contributed by atoms with Crippen molar-refractivity contribution in [3.8, 4) is 11.1 Å². The molecule has 0 unspecified atom stereocenters. The van der Waals surface area contributed by atoms with E-state index in [0.717, 1.165) is 17.1 Å². The molecule has 0 bridgehead atoms. The fourth-order valence-corrected chi connectivity index (χ4v) is 9.18. The van der Waals surface area contributed by atoms with E-state index in [1.807, 2.05) is 6.67 Å². The van der Waals surface area contributed by atoms with Crippen molar-refractivity contribution in [3.05, 3.63) is 168 Å². The first kappa shape index (κ1) is 43.5. The van der Waals surface area contributed by atoms with E-state index in [-0.39, 0.29) is 30.9 Å². The maximum absolute atomic E-state index is 12.2. The first-order chi connectivity index (χ1) is 27.7. The summed E-state index contributed by atoms with van der Waals surface area (Å²) in [6, 6.07) is 43.7. The number of nitrogens with one attached hydrogen (secondary N) is 1. The molecule has 2 aliphatic rings. The molecular formula is C50H53N5O2PtS. The van der Waals surface area contributed by atoms with Gasteiger partial charge in [0.25, 0.3) is 0 Å². The molecule has 306 valence electrons. The average molecular weight is 983 g/mol. The van der Waals surface area contributed by atoms with E-state index in [1.54, 1.807) is 48.5 Å². The van der Waals surface area contributed by atoms with Gasteiger partial charge in [-0.1, -0.05) is 120 Å². The van der Waals surface area contributed by atoms with Crippen LogP contribution in [0.5, 0.6) is 0 Å². The first-order valence-electron chi connectivity index (χ1n) is 20.0. The monoisotopic (exact) mass is 982 g/mol. The third kappa shape index (κ3) is 8.95. The van der Waals surface area contributed by atoms with Gasteiger partial charge in [0.2, 0.25) is 9.84 Å². The Balaban J connectivity index is 0.000000286. The fourth-order valence-electron chi connectivity index (χ4n) is 7.65. The summed E-state index contributed by atoms with van der Waals surface area (Å²) in [7, 11) is 0.788. The Kier molecular flexibility index (Phi) is 13.3. The van der Waals surface area contributed by atoms with Crippen LogP contribution in [0, 0.1) is 26.3 Å². The normalized spacial score (nSPS) is 13.5. The van der Waals surface area contributed by atoms with Crippen molar-refractivity contribution in [2.24, 2.45) is 0 Å². The van der Waals surface area contributed by atoms with E-state index in [4.69, 9.17) is 0 Å². The summed E-state index contributed by atoms with van der Waals surface area (Å²) in [4.78, 5) is 7.14. The second kappa shape index (κ2) is 18.1. The number of fused-ring (bicyclic) bond motifs is 3. The van der Waals surface area contributed by atoms with Crippen molar-refractivity contribution in [3.63, 3.8) is 0 Å². The fraction of sp³-hybridized carbons (Fsp3) is 0.240. The van der Waals surface area contributed by atoms with Gasteiger partial charge in [-0.2, -0.15) is 13.3 Å². The maximum Gasteiger partial charge on any atom is 4.00 e. The molecule has 59 heavy (non-hydrogen) atoms. The summed E-state index contributed by atoms with van der Waals surface area (Å²) in [5.41, 5.74) is 14.5. The van der Waals surface area contributed by atoms with Gasteiger partial charge < -0.3 is 25.3 Å². The minimum atomic E-state index is -3.40. The van der Waals surface area contributed by atoms with E-state index >= 15 is 0 Å². The number of anilines is 5. The van der Waals surface area contributed by atoms with Crippen molar-refractivity contribution in [1.29, 1.82) is 0 Å². The second-order valence-corrected chi connectivity index (χ2v) is 17.9. The summed E-state index contributed by atoms with van der Waals surface area (Å²) in [6.07, 6.45) is 0. The van der Waals surface area contributed by atoms with Gasteiger partial charge in [0.1, 0.15) is 0 Å². The van der Waals surface area contributed by atoms with E-state index in [1.165, 1.54) is 44.8 Å². The smallest absolute Gasteiger partial charge is 0.656 e. The van der Waals surface area contributed by atoms with E-state index in [9.17, 15) is 8.42 Å². The summed E-state index contributed by atoms with van der Waals surface area (Å²) < 4.78 is 24.5. The van der Waals surface area contributed by atoms with Crippen molar-refractivity contribution >= 4 is 49.6 Å². The molecule has 2 heterocycles. The Labute approximate surface area is 366 Å². The first-order valence-corrected chi connectivity index (χ1v) is 21.5. The van der Waals surface area contributed by atoms with Crippen LogP contribution < -0.4 is 20.0 Å². The van der Waals surface area contributed by atoms with Crippen LogP contribution in [0.1, 0.15) is 81.5 Å². The standard InChI is InChI=1S/C38H45N4.C12H8NO2S.Pt/c1-25(2)29-20-33(26(3)4)38(34(21-29)27(5)6)30-18-31(39-23-40(8)35-15-11-10-14-28(35)7)22-32(19-30)42-24-41(9)36-16-12-13-17-37(36)42;14-16(15)11-7-3-1-5-9(11)13-10-6-2-4-8-12(10)16;/h10-21,23-27,39H,1-9H3;1-8H;/q-3;-1;+4. The number of para-hydroxylation sites is 5. The van der Waals surface area contributed by atoms with Crippen LogP contribution in [0.25, 0.3) is 16.4 Å². The summed E-state index contributed by atoms with van der Waals surface area (Å²) in [6.45, 7) is 20.2. The molecular weight excluding hydrogens is 930 g/mol. The molecule has 0 aliphatic carbocycles. The Morgan fingerprint density at radius 1 is 0.729 bits per heavy atom. The number of rotatable bonds is 9. The zero-order chi connectivity index (χ0) is 41.3. The number of sulfone groups is 1. The molecule has 1 N–H and O–H groups in total. The van der Waals surface area contributed by atoms with Gasteiger partial charge in [0, 0.05) is 17.1 Å². The zero-order valence-corrected chi connectivity index (χ0v) is 38.4. The Bertz CT molecular complexity index is 2470. The van der Waals surface area contributed by atoms with Gasteiger partial charge in [-0.05, 0) is 96.9 Å². The number of nitrogens with zero attached hydrogens (tertiary/aromatic N) is 4. The van der Waals surface area contributed by atoms with Gasteiger partial charge in [0.05, 0.1) is 9.79 Å². The van der Waals surface area contributed by atoms with Crippen LogP contribution in [0.4, 0.5) is 39.8 Å². The largest absolute Gasteiger partial charge is 4.00 e. The van der Waals surface area contributed by atoms with Crippen molar-refractivity contribution in [1.82, 2.24) is 0 Å². The van der Waals surface area contributed by atoms with E-state index in [2.05, 4.69) is 173 Å². The van der Waals surface area contributed by atoms with Crippen molar-refractivity contribution in [2.45, 2.75) is 76.0 Å². The predicted molar refractivity (Wildman–Crippen MR) is 243 cm³/mol. The van der Waals surface area contributed by atoms with Gasteiger partial charge in [-0.15, -0.1) is 46.5 Å². The van der Waals surface area contributed by atoms with Gasteiger partial charge in [0.15, 0.2) is 0 Å². The molecule has 6 aromatic rings. The molecule has 0 atom stereocenters. The van der Waals surface area contributed by atoms with Crippen LogP contribution in [-0.4, -0.2) is 22.5 Å². The van der Waals surface area contributed by atoms with Crippen LogP contribution in [0.2, 0.25) is 0 Å². The average Bonchev–Trinajstić information content (AvgIpc) is 3.55. The van der Waals surface area contributed by atoms with Gasteiger partial charge in [-0.3, -0.25) is 0 Å². The molecule has 2 aliphatic heterocycles. The van der Waals surface area contributed by atoms with Gasteiger partial charge >= 0.3 is 21.1 Å². The number of hydrogen-bond donors (Lipinski definition) is 1. The molecule has 0 radical (unpaired) electrons. The van der Waals surface area contributed by atoms with Gasteiger partial charge in [-0.25, -0.2) is 8.42 Å². The zero-order valence-electron chi connectivity index (χ0n) is 35.3. The van der Waals surface area contributed by atoms with E-state index < -0.39 is 9.84 Å². The van der Waals surface area contributed by atoms with Crippen molar-refractivity contribution in [2.75, 3.05) is 34.1 Å². The summed E-state index contributed by atoms with van der Waals surface area (Å²) in [5.74, 6) is 1.26. The molecule has 0 amide bonds. The van der Waals surface area contributed by atoms with Crippen LogP contribution in [-0.2, 0) is 30.9 Å². The minimum absolute atomic E-state index is 0. The van der Waals surface area contributed by atoms with Crippen LogP contribution >= 0.6 is 0 Å². The Morgan fingerprint density at radius 2 is 1.27 bits per heavy atom. The van der Waals surface area contributed by atoms with Crippen LogP contribution in [0.15, 0.2) is 131 Å². The second-order valence-electron chi connectivity index (χ2n) is 16.0. The summed E-state index contributed by atoms with van der Waals surface area (Å²) >= 11 is 0. The number of aryl methyl sites for hydroxylation is 1. The molecule has 0 fully saturated rings. The summed E-state index contributed by atoms with van der Waals surface area (Å²) in [5, 5.41) is 7.92. The maximum atomic E-state index is 12.2. The molecule has 6 aromatic carbocycles. The molecule has 8 rings (SSSR count). The quantitative estimate of drug-likeness (QED) is 0.145. The van der Waals surface area contributed by atoms with E-state index in [0.29, 0.717) is 29.1 Å². The third-order valence-corrected chi connectivity index (χ3v) is 12.7. The number of benzene rings is 6. The van der Waals surface area contributed by atoms with Crippen LogP contribution in [0.3, 0.4) is 0 Å². The minimum Gasteiger partial charge on any atom is -0.656 e.